The molecule has 0 bridgehead atoms. The van der Waals surface area contributed by atoms with E-state index in [0.29, 0.717) is 12.2 Å². The van der Waals surface area contributed by atoms with Crippen molar-refractivity contribution in [1.82, 2.24) is 0 Å². The normalized spacial score (nSPS) is 35.6. The summed E-state index contributed by atoms with van der Waals surface area (Å²) in [5.41, 5.74) is 0.137. The summed E-state index contributed by atoms with van der Waals surface area (Å²) >= 11 is 0. The Hall–Kier alpha value is -1.32. The van der Waals surface area contributed by atoms with Crippen molar-refractivity contribution >= 4 is 11.8 Å². The minimum atomic E-state index is -0.649. The number of hydrogen-bond acceptors (Lipinski definition) is 4. The molecule has 0 aromatic carbocycles. The second-order valence-electron chi connectivity index (χ2n) is 3.90. The lowest BCUT2D eigenvalue weighted by atomic mass is 10.1. The molecule has 15 heavy (non-hydrogen) atoms. The molecule has 0 saturated carbocycles. The first kappa shape index (κ1) is 10.2. The number of allylic oxidation sites excluding steroid dienone is 1. The Kier molecular flexibility index (Phi) is 2.50. The molecule has 0 aliphatic carbocycles. The third-order valence-electron chi connectivity index (χ3n) is 2.84. The zero-order chi connectivity index (χ0) is 11.0. The van der Waals surface area contributed by atoms with Crippen molar-refractivity contribution in [3.63, 3.8) is 0 Å². The van der Waals surface area contributed by atoms with Crippen LogP contribution in [-0.4, -0.2) is 24.0 Å². The number of Topliss-reactive ketones (excluding diaryl/α,β-unsaturated/α-hetero) is 1. The SMILES string of the molecule is CCC1CC/C(=C2\C(=O)OC(C)C2=O)O1. The third kappa shape index (κ3) is 1.64. The molecule has 0 spiro atoms. The van der Waals surface area contributed by atoms with E-state index in [1.807, 2.05) is 6.92 Å². The van der Waals surface area contributed by atoms with Crippen LogP contribution in [0.5, 0.6) is 0 Å². The molecule has 0 aromatic rings. The Balaban J connectivity index is 2.26. The van der Waals surface area contributed by atoms with Gasteiger partial charge in [-0.05, 0) is 19.8 Å². The van der Waals surface area contributed by atoms with Crippen LogP contribution in [0.4, 0.5) is 0 Å². The van der Waals surface area contributed by atoms with Gasteiger partial charge in [-0.15, -0.1) is 0 Å². The van der Waals surface area contributed by atoms with Crippen LogP contribution < -0.4 is 0 Å². The van der Waals surface area contributed by atoms with Crippen LogP contribution in [0.2, 0.25) is 0 Å². The summed E-state index contributed by atoms with van der Waals surface area (Å²) in [5.74, 6) is -0.243. The van der Waals surface area contributed by atoms with Gasteiger partial charge in [0.25, 0.3) is 0 Å². The lowest BCUT2D eigenvalue weighted by Gasteiger charge is -2.07. The van der Waals surface area contributed by atoms with E-state index in [9.17, 15) is 9.59 Å². The number of ketones is 1. The van der Waals surface area contributed by atoms with Gasteiger partial charge in [-0.25, -0.2) is 4.79 Å². The quantitative estimate of drug-likeness (QED) is 0.372. The number of esters is 1. The Labute approximate surface area is 88.2 Å². The second kappa shape index (κ2) is 3.68. The minimum absolute atomic E-state index is 0.137. The Morgan fingerprint density at radius 1 is 1.33 bits per heavy atom. The molecule has 2 aliphatic heterocycles. The monoisotopic (exact) mass is 210 g/mol. The van der Waals surface area contributed by atoms with Gasteiger partial charge in [0.15, 0.2) is 6.10 Å². The van der Waals surface area contributed by atoms with Crippen LogP contribution in [-0.2, 0) is 19.1 Å². The molecule has 2 fully saturated rings. The van der Waals surface area contributed by atoms with Gasteiger partial charge < -0.3 is 9.47 Å². The van der Waals surface area contributed by atoms with E-state index in [4.69, 9.17) is 9.47 Å². The van der Waals surface area contributed by atoms with Gasteiger partial charge in [0.2, 0.25) is 5.78 Å². The van der Waals surface area contributed by atoms with Gasteiger partial charge in [0.1, 0.15) is 11.3 Å². The average molecular weight is 210 g/mol. The zero-order valence-electron chi connectivity index (χ0n) is 8.91. The van der Waals surface area contributed by atoms with Gasteiger partial charge in [0.05, 0.1) is 6.10 Å². The molecule has 0 amide bonds. The molecule has 4 nitrogen and oxygen atoms in total. The van der Waals surface area contributed by atoms with E-state index in [-0.39, 0.29) is 17.5 Å². The molecule has 0 aromatic heterocycles. The molecule has 82 valence electrons. The van der Waals surface area contributed by atoms with Gasteiger partial charge in [-0.1, -0.05) is 6.92 Å². The van der Waals surface area contributed by atoms with Crippen LogP contribution in [0.15, 0.2) is 11.3 Å². The van der Waals surface area contributed by atoms with E-state index in [1.54, 1.807) is 6.92 Å². The fourth-order valence-electron chi connectivity index (χ4n) is 1.91. The predicted octanol–water partition coefficient (Wildman–Crippen LogP) is 1.34. The molecule has 0 radical (unpaired) electrons. The standard InChI is InChI=1S/C11H14O4/c1-3-7-4-5-8(15-7)9-10(12)6(2)14-11(9)13/h6-7H,3-5H2,1-2H3/b9-8+. The second-order valence-corrected chi connectivity index (χ2v) is 3.90. The summed E-state index contributed by atoms with van der Waals surface area (Å²) in [4.78, 5) is 23.0. The molecule has 4 heteroatoms. The molecule has 0 N–H and O–H groups in total. The third-order valence-corrected chi connectivity index (χ3v) is 2.84. The van der Waals surface area contributed by atoms with Gasteiger partial charge >= 0.3 is 5.97 Å². The lowest BCUT2D eigenvalue weighted by molar-refractivity contribution is -0.140. The predicted molar refractivity (Wildman–Crippen MR) is 52.0 cm³/mol. The summed E-state index contributed by atoms with van der Waals surface area (Å²) in [6.07, 6.45) is 1.94. The summed E-state index contributed by atoms with van der Waals surface area (Å²) in [6, 6.07) is 0. The number of ether oxygens (including phenoxy) is 2. The molecule has 2 unspecified atom stereocenters. The first-order chi connectivity index (χ1) is 7.13. The molecular weight excluding hydrogens is 196 g/mol. The van der Waals surface area contributed by atoms with Crippen LogP contribution in [0, 0.1) is 0 Å². The topological polar surface area (TPSA) is 52.6 Å². The Bertz CT molecular complexity index is 342. The summed E-state index contributed by atoms with van der Waals surface area (Å²) in [5, 5.41) is 0. The smallest absolute Gasteiger partial charge is 0.346 e. The molecule has 2 aliphatic rings. The van der Waals surface area contributed by atoms with E-state index in [1.165, 1.54) is 0 Å². The van der Waals surface area contributed by atoms with Crippen LogP contribution in [0.25, 0.3) is 0 Å². The van der Waals surface area contributed by atoms with Crippen molar-refractivity contribution in [2.24, 2.45) is 0 Å². The Morgan fingerprint density at radius 2 is 2.07 bits per heavy atom. The van der Waals surface area contributed by atoms with Crippen molar-refractivity contribution in [3.8, 4) is 0 Å². The van der Waals surface area contributed by atoms with E-state index in [0.717, 1.165) is 12.8 Å². The van der Waals surface area contributed by atoms with Gasteiger partial charge in [-0.2, -0.15) is 0 Å². The van der Waals surface area contributed by atoms with Crippen LogP contribution >= 0.6 is 0 Å². The number of carbonyl (C=O) groups is 2. The molecule has 2 rings (SSSR count). The van der Waals surface area contributed by atoms with Crippen molar-refractivity contribution in [3.05, 3.63) is 11.3 Å². The minimum Gasteiger partial charge on any atom is -0.494 e. The van der Waals surface area contributed by atoms with E-state index < -0.39 is 12.1 Å². The molecule has 2 heterocycles. The highest BCUT2D eigenvalue weighted by molar-refractivity contribution is 6.23. The average Bonchev–Trinajstić information content (AvgIpc) is 2.74. The van der Waals surface area contributed by atoms with Crippen molar-refractivity contribution in [2.75, 3.05) is 0 Å². The van der Waals surface area contributed by atoms with Crippen molar-refractivity contribution in [2.45, 2.75) is 45.3 Å². The van der Waals surface area contributed by atoms with Crippen LogP contribution in [0.3, 0.4) is 0 Å². The zero-order valence-corrected chi connectivity index (χ0v) is 8.91. The van der Waals surface area contributed by atoms with Crippen molar-refractivity contribution < 1.29 is 19.1 Å². The largest absolute Gasteiger partial charge is 0.494 e. The number of hydrogen-bond donors (Lipinski definition) is 0. The fourth-order valence-corrected chi connectivity index (χ4v) is 1.91. The van der Waals surface area contributed by atoms with E-state index >= 15 is 0 Å². The maximum Gasteiger partial charge on any atom is 0.346 e. The summed E-state index contributed by atoms with van der Waals surface area (Å²) in [6.45, 7) is 3.61. The Morgan fingerprint density at radius 3 is 2.53 bits per heavy atom. The first-order valence-electron chi connectivity index (χ1n) is 5.28. The number of cyclic esters (lactones) is 1. The molecule has 2 saturated heterocycles. The summed E-state index contributed by atoms with van der Waals surface area (Å²) in [7, 11) is 0. The highest BCUT2D eigenvalue weighted by atomic mass is 16.6. The summed E-state index contributed by atoms with van der Waals surface area (Å²) < 4.78 is 10.4. The fraction of sp³-hybridized carbons (Fsp3) is 0.636. The van der Waals surface area contributed by atoms with Gasteiger partial charge in [0, 0.05) is 6.42 Å². The van der Waals surface area contributed by atoms with Gasteiger partial charge in [-0.3, -0.25) is 4.79 Å². The molecular formula is C11H14O4. The maximum atomic E-state index is 11.6. The highest BCUT2D eigenvalue weighted by Gasteiger charge is 2.40. The van der Waals surface area contributed by atoms with Crippen LogP contribution in [0.1, 0.15) is 33.1 Å². The molecule has 2 atom stereocenters. The van der Waals surface area contributed by atoms with E-state index in [2.05, 4.69) is 0 Å². The number of rotatable bonds is 1. The number of carbonyl (C=O) groups excluding carboxylic acids is 2. The maximum absolute atomic E-state index is 11.6. The highest BCUT2D eigenvalue weighted by Crippen LogP contribution is 2.31. The van der Waals surface area contributed by atoms with Crippen molar-refractivity contribution in [1.29, 1.82) is 0 Å². The lowest BCUT2D eigenvalue weighted by Crippen LogP contribution is -2.12. The first-order valence-corrected chi connectivity index (χ1v) is 5.28.